The Hall–Kier alpha value is -1.79. The maximum atomic E-state index is 11.6. The zero-order valence-corrected chi connectivity index (χ0v) is 11.7. The van der Waals surface area contributed by atoms with Crippen LogP contribution in [0.4, 0.5) is 4.79 Å². The Labute approximate surface area is 113 Å². The Morgan fingerprint density at radius 3 is 2.32 bits per heavy atom. The number of rotatable bonds is 8. The quantitative estimate of drug-likeness (QED) is 0.591. The molecular weight excluding hydrogens is 250 g/mol. The lowest BCUT2D eigenvalue weighted by molar-refractivity contribution is -0.141. The average molecular weight is 273 g/mol. The Morgan fingerprint density at radius 2 is 1.84 bits per heavy atom. The van der Waals surface area contributed by atoms with Gasteiger partial charge in [0.05, 0.1) is 5.92 Å². The summed E-state index contributed by atoms with van der Waals surface area (Å²) in [6.07, 6.45) is 1.27. The predicted octanol–water partition coefficient (Wildman–Crippen LogP) is 0.265. The maximum Gasteiger partial charge on any atom is 0.317 e. The van der Waals surface area contributed by atoms with E-state index in [1.54, 1.807) is 6.92 Å². The van der Waals surface area contributed by atoms with Crippen LogP contribution in [0, 0.1) is 5.92 Å². The summed E-state index contributed by atoms with van der Waals surface area (Å²) in [5.74, 6) is -1.78. The van der Waals surface area contributed by atoms with E-state index in [2.05, 4.69) is 10.6 Å². The molecule has 0 rings (SSSR count). The van der Waals surface area contributed by atoms with Crippen molar-refractivity contribution in [3.8, 4) is 0 Å². The number of hydrogen-bond donors (Lipinski definition) is 3. The van der Waals surface area contributed by atoms with Crippen molar-refractivity contribution in [1.29, 1.82) is 0 Å². The smallest absolute Gasteiger partial charge is 0.317 e. The normalized spacial score (nSPS) is 11.5. The number of amides is 3. The molecule has 0 aromatic carbocycles. The monoisotopic (exact) mass is 273 g/mol. The maximum absolute atomic E-state index is 11.6. The number of nitrogens with one attached hydrogen (secondary N) is 2. The number of hydrogen-bond acceptors (Lipinski definition) is 3. The minimum Gasteiger partial charge on any atom is -0.481 e. The molecule has 1 unspecified atom stereocenters. The molecule has 0 aliphatic heterocycles. The first-order chi connectivity index (χ1) is 8.92. The number of carboxylic acid groups (broad SMARTS) is 1. The van der Waals surface area contributed by atoms with Crippen molar-refractivity contribution in [2.24, 2.45) is 5.92 Å². The highest BCUT2D eigenvalue weighted by molar-refractivity contribution is 5.84. The van der Waals surface area contributed by atoms with Gasteiger partial charge in [0.15, 0.2) is 0 Å². The number of urea groups is 1. The molecule has 0 aromatic heterocycles. The van der Waals surface area contributed by atoms with Crippen LogP contribution in [-0.4, -0.2) is 54.6 Å². The third-order valence-corrected chi connectivity index (χ3v) is 2.64. The zero-order chi connectivity index (χ0) is 14.8. The van der Waals surface area contributed by atoms with Gasteiger partial charge in [-0.25, -0.2) is 4.79 Å². The number of carboxylic acids is 1. The first-order valence-corrected chi connectivity index (χ1v) is 6.40. The van der Waals surface area contributed by atoms with Crippen LogP contribution in [0.15, 0.2) is 0 Å². The molecular formula is C12H23N3O4. The molecule has 3 N–H and O–H groups in total. The molecule has 3 amide bonds. The Morgan fingerprint density at radius 1 is 1.21 bits per heavy atom. The summed E-state index contributed by atoms with van der Waals surface area (Å²) in [6, 6.07) is -0.452. The minimum absolute atomic E-state index is 0.0459. The molecule has 0 saturated heterocycles. The average Bonchev–Trinajstić information content (AvgIpc) is 2.36. The van der Waals surface area contributed by atoms with Crippen LogP contribution in [0.5, 0.6) is 0 Å². The predicted molar refractivity (Wildman–Crippen MR) is 70.7 cm³/mol. The molecule has 0 bridgehead atoms. The minimum atomic E-state index is -0.939. The van der Waals surface area contributed by atoms with Gasteiger partial charge in [-0.05, 0) is 12.8 Å². The van der Waals surface area contributed by atoms with Crippen LogP contribution >= 0.6 is 0 Å². The van der Waals surface area contributed by atoms with Crippen molar-refractivity contribution in [2.45, 2.75) is 26.7 Å². The van der Waals surface area contributed by atoms with Gasteiger partial charge in [0.25, 0.3) is 0 Å². The SMILES string of the molecule is CCCNC(=O)CN(C)C(=O)NCC(CC)C(=O)O. The summed E-state index contributed by atoms with van der Waals surface area (Å²) in [7, 11) is 1.49. The molecule has 0 fully saturated rings. The van der Waals surface area contributed by atoms with E-state index in [9.17, 15) is 14.4 Å². The van der Waals surface area contributed by atoms with E-state index >= 15 is 0 Å². The summed E-state index contributed by atoms with van der Waals surface area (Å²) < 4.78 is 0. The molecule has 0 aliphatic rings. The van der Waals surface area contributed by atoms with Gasteiger partial charge in [0, 0.05) is 20.1 Å². The molecule has 0 heterocycles. The number of aliphatic carboxylic acids is 1. The topological polar surface area (TPSA) is 98.7 Å². The molecule has 0 radical (unpaired) electrons. The lowest BCUT2D eigenvalue weighted by Crippen LogP contribution is -2.45. The molecule has 0 saturated carbocycles. The summed E-state index contributed by atoms with van der Waals surface area (Å²) >= 11 is 0. The van der Waals surface area contributed by atoms with Crippen molar-refractivity contribution in [3.05, 3.63) is 0 Å². The van der Waals surface area contributed by atoms with Crippen molar-refractivity contribution in [2.75, 3.05) is 26.7 Å². The fourth-order valence-corrected chi connectivity index (χ4v) is 1.36. The van der Waals surface area contributed by atoms with Gasteiger partial charge in [0.1, 0.15) is 6.54 Å². The van der Waals surface area contributed by atoms with Crippen LogP contribution in [0.2, 0.25) is 0 Å². The first-order valence-electron chi connectivity index (χ1n) is 6.40. The lowest BCUT2D eigenvalue weighted by atomic mass is 10.1. The van der Waals surface area contributed by atoms with Crippen LogP contribution < -0.4 is 10.6 Å². The Kier molecular flexibility index (Phi) is 8.32. The highest BCUT2D eigenvalue weighted by Gasteiger charge is 2.18. The fourth-order valence-electron chi connectivity index (χ4n) is 1.36. The highest BCUT2D eigenvalue weighted by Crippen LogP contribution is 2.00. The molecule has 7 nitrogen and oxygen atoms in total. The van der Waals surface area contributed by atoms with Gasteiger partial charge in [-0.1, -0.05) is 13.8 Å². The standard InChI is InChI=1S/C12H23N3O4/c1-4-6-13-10(16)8-15(3)12(19)14-7-9(5-2)11(17)18/h9H,4-8H2,1-3H3,(H,13,16)(H,14,19)(H,17,18). The summed E-state index contributed by atoms with van der Waals surface area (Å²) in [5, 5.41) is 14.0. The van der Waals surface area contributed by atoms with Gasteiger partial charge < -0.3 is 20.6 Å². The Bertz CT molecular complexity index is 320. The summed E-state index contributed by atoms with van der Waals surface area (Å²) in [4.78, 5) is 35.0. The molecule has 7 heteroatoms. The summed E-state index contributed by atoms with van der Waals surface area (Å²) in [5.41, 5.74) is 0. The molecule has 0 aromatic rings. The number of carbonyl (C=O) groups excluding carboxylic acids is 2. The van der Waals surface area contributed by atoms with E-state index < -0.39 is 17.9 Å². The molecule has 19 heavy (non-hydrogen) atoms. The van der Waals surface area contributed by atoms with Crippen LogP contribution in [0.1, 0.15) is 26.7 Å². The second-order valence-corrected chi connectivity index (χ2v) is 4.34. The zero-order valence-electron chi connectivity index (χ0n) is 11.7. The van der Waals surface area contributed by atoms with E-state index in [1.165, 1.54) is 11.9 Å². The summed E-state index contributed by atoms with van der Waals surface area (Å²) in [6.45, 7) is 4.27. The second-order valence-electron chi connectivity index (χ2n) is 4.34. The largest absolute Gasteiger partial charge is 0.481 e. The molecule has 110 valence electrons. The molecule has 0 aliphatic carbocycles. The molecule has 0 spiro atoms. The van der Waals surface area contributed by atoms with Crippen LogP contribution in [0.3, 0.4) is 0 Å². The first kappa shape index (κ1) is 17.2. The second kappa shape index (κ2) is 9.18. The van der Waals surface area contributed by atoms with Crippen molar-refractivity contribution >= 4 is 17.9 Å². The van der Waals surface area contributed by atoms with Gasteiger partial charge in [-0.2, -0.15) is 0 Å². The third-order valence-electron chi connectivity index (χ3n) is 2.64. The highest BCUT2D eigenvalue weighted by atomic mass is 16.4. The number of likely N-dealkylation sites (N-methyl/N-ethyl adjacent to an activating group) is 1. The Balaban J connectivity index is 4.06. The van der Waals surface area contributed by atoms with Crippen molar-refractivity contribution < 1.29 is 19.5 Å². The van der Waals surface area contributed by atoms with E-state index in [4.69, 9.17) is 5.11 Å². The van der Waals surface area contributed by atoms with Crippen LogP contribution in [-0.2, 0) is 9.59 Å². The van der Waals surface area contributed by atoms with E-state index in [1.807, 2.05) is 6.92 Å². The van der Waals surface area contributed by atoms with Gasteiger partial charge in [-0.3, -0.25) is 9.59 Å². The lowest BCUT2D eigenvalue weighted by Gasteiger charge is -2.19. The van der Waals surface area contributed by atoms with Gasteiger partial charge in [-0.15, -0.1) is 0 Å². The fraction of sp³-hybridized carbons (Fsp3) is 0.750. The van der Waals surface area contributed by atoms with Crippen molar-refractivity contribution in [3.63, 3.8) is 0 Å². The van der Waals surface area contributed by atoms with E-state index in [-0.39, 0.29) is 19.0 Å². The van der Waals surface area contributed by atoms with E-state index in [0.717, 1.165) is 6.42 Å². The van der Waals surface area contributed by atoms with Gasteiger partial charge >= 0.3 is 12.0 Å². The van der Waals surface area contributed by atoms with Gasteiger partial charge in [0.2, 0.25) is 5.91 Å². The van der Waals surface area contributed by atoms with Crippen molar-refractivity contribution in [1.82, 2.24) is 15.5 Å². The van der Waals surface area contributed by atoms with E-state index in [0.29, 0.717) is 13.0 Å². The third kappa shape index (κ3) is 7.28. The number of nitrogens with zero attached hydrogens (tertiary/aromatic N) is 1. The van der Waals surface area contributed by atoms with Crippen LogP contribution in [0.25, 0.3) is 0 Å². The molecule has 1 atom stereocenters. The number of carbonyl (C=O) groups is 3.